The standard InChI is InChI=1S/C21H24N2O8S.Na/c1-11-5-7-12(8-6-11)32(28,29)31-17-13-9-10-22(20(27)30-21(2,3)4)15-14(13)23(18(15)24)16(17)19(25)26;/h5-8,13-15H,9-10H2,1-4H3,(H,25,26);/q;+1/p-1/t13?,14-,15+;/m1./s1. The molecule has 2 fully saturated rings. The third-order valence-corrected chi connectivity index (χ3v) is 6.93. The van der Waals surface area contributed by atoms with E-state index in [1.807, 2.05) is 0 Å². The van der Waals surface area contributed by atoms with Gasteiger partial charge in [-0.05, 0) is 46.2 Å². The quantitative estimate of drug-likeness (QED) is 0.260. The Morgan fingerprint density at radius 3 is 2.30 bits per heavy atom. The van der Waals surface area contributed by atoms with Gasteiger partial charge in [-0.1, -0.05) is 17.7 Å². The molecule has 2 amide bonds. The fourth-order valence-corrected chi connectivity index (χ4v) is 5.34. The summed E-state index contributed by atoms with van der Waals surface area (Å²) in [5.74, 6) is -3.40. The maximum atomic E-state index is 12.8. The number of carbonyl (C=O) groups excluding carboxylic acids is 3. The van der Waals surface area contributed by atoms with E-state index in [1.54, 1.807) is 39.8 Å². The van der Waals surface area contributed by atoms with Gasteiger partial charge in [0.25, 0.3) is 5.91 Å². The van der Waals surface area contributed by atoms with Gasteiger partial charge in [-0.15, -0.1) is 0 Å². The van der Waals surface area contributed by atoms with Crippen molar-refractivity contribution in [3.8, 4) is 0 Å². The number of hydrogen-bond donors (Lipinski definition) is 0. The molecule has 12 heteroatoms. The number of carboxylic acid groups (broad SMARTS) is 1. The molecule has 0 saturated carbocycles. The van der Waals surface area contributed by atoms with E-state index in [2.05, 4.69) is 0 Å². The molecule has 3 heterocycles. The Bertz CT molecular complexity index is 1140. The Balaban J connectivity index is 0.00000306. The van der Waals surface area contributed by atoms with Crippen LogP contribution in [-0.2, 0) is 28.6 Å². The van der Waals surface area contributed by atoms with Crippen molar-refractivity contribution in [2.45, 2.75) is 56.7 Å². The number of ether oxygens (including phenoxy) is 1. The number of piperidine rings is 1. The Hall–Kier alpha value is -2.08. The Morgan fingerprint density at radius 1 is 1.15 bits per heavy atom. The minimum Gasteiger partial charge on any atom is -0.543 e. The third-order valence-electron chi connectivity index (χ3n) is 5.68. The van der Waals surface area contributed by atoms with E-state index in [9.17, 15) is 27.9 Å². The van der Waals surface area contributed by atoms with Crippen molar-refractivity contribution in [2.24, 2.45) is 5.92 Å². The molecule has 0 bridgehead atoms. The van der Waals surface area contributed by atoms with Crippen LogP contribution >= 0.6 is 0 Å². The Kier molecular flexibility index (Phi) is 6.66. The number of carbonyl (C=O) groups is 3. The molecule has 2 saturated heterocycles. The zero-order chi connectivity index (χ0) is 23.6. The second-order valence-electron chi connectivity index (χ2n) is 9.06. The summed E-state index contributed by atoms with van der Waals surface area (Å²) in [7, 11) is -4.35. The first-order chi connectivity index (χ1) is 14.8. The van der Waals surface area contributed by atoms with E-state index in [4.69, 9.17) is 8.92 Å². The molecular weight excluding hydrogens is 463 g/mol. The van der Waals surface area contributed by atoms with Crippen LogP contribution in [0.1, 0.15) is 32.8 Å². The smallest absolute Gasteiger partial charge is 0.543 e. The van der Waals surface area contributed by atoms with Gasteiger partial charge >= 0.3 is 45.8 Å². The SMILES string of the molecule is Cc1ccc(S(=O)(=O)OC2=C(C(=O)[O-])N3C(=O)[C@@H]4[C@H]3C2CCN4C(=O)OC(C)(C)C)cc1.[Na+]. The van der Waals surface area contributed by atoms with Gasteiger partial charge in [-0.3, -0.25) is 14.6 Å². The second kappa shape index (κ2) is 8.61. The minimum atomic E-state index is -4.35. The maximum Gasteiger partial charge on any atom is 1.00 e. The van der Waals surface area contributed by atoms with Crippen molar-refractivity contribution in [1.29, 1.82) is 0 Å². The molecule has 1 aromatic carbocycles. The average molecular weight is 486 g/mol. The monoisotopic (exact) mass is 486 g/mol. The van der Waals surface area contributed by atoms with Gasteiger partial charge in [-0.25, -0.2) is 4.79 Å². The largest absolute Gasteiger partial charge is 1.00 e. The number of hydrogen-bond acceptors (Lipinski definition) is 8. The van der Waals surface area contributed by atoms with Crippen molar-refractivity contribution >= 4 is 28.1 Å². The van der Waals surface area contributed by atoms with Crippen molar-refractivity contribution in [2.75, 3.05) is 6.54 Å². The first kappa shape index (κ1) is 25.5. The molecule has 1 aromatic rings. The number of β-lactam (4-membered cyclic amide) rings is 1. The number of nitrogens with zero attached hydrogens (tertiary/aromatic N) is 2. The molecular formula is C21H23N2NaO8S. The molecule has 1 unspecified atom stereocenters. The molecule has 0 aromatic heterocycles. The summed E-state index contributed by atoms with van der Waals surface area (Å²) < 4.78 is 36.3. The molecule has 172 valence electrons. The van der Waals surface area contributed by atoms with E-state index in [-0.39, 0.29) is 53.2 Å². The fraction of sp³-hybridized carbons (Fsp3) is 0.476. The van der Waals surface area contributed by atoms with Crippen LogP contribution in [0.2, 0.25) is 0 Å². The van der Waals surface area contributed by atoms with Crippen molar-refractivity contribution in [3.63, 3.8) is 0 Å². The number of benzene rings is 1. The topological polar surface area (TPSA) is 133 Å². The van der Waals surface area contributed by atoms with Gasteiger partial charge in [0, 0.05) is 12.5 Å². The van der Waals surface area contributed by atoms with Crippen molar-refractivity contribution in [3.05, 3.63) is 41.3 Å². The summed E-state index contributed by atoms with van der Waals surface area (Å²) >= 11 is 0. The van der Waals surface area contributed by atoms with E-state index in [0.717, 1.165) is 10.5 Å². The number of aliphatic carboxylic acids is 1. The molecule has 0 N–H and O–H groups in total. The van der Waals surface area contributed by atoms with Crippen LogP contribution in [0.25, 0.3) is 0 Å². The van der Waals surface area contributed by atoms with Crippen LogP contribution < -0.4 is 34.7 Å². The molecule has 4 rings (SSSR count). The summed E-state index contributed by atoms with van der Waals surface area (Å²) in [5, 5.41) is 11.9. The van der Waals surface area contributed by atoms with Crippen LogP contribution in [0.3, 0.4) is 0 Å². The second-order valence-corrected chi connectivity index (χ2v) is 10.6. The molecule has 33 heavy (non-hydrogen) atoms. The zero-order valence-corrected chi connectivity index (χ0v) is 21.8. The summed E-state index contributed by atoms with van der Waals surface area (Å²) in [6.07, 6.45) is -0.495. The van der Waals surface area contributed by atoms with Gasteiger partial charge in [0.1, 0.15) is 22.2 Å². The van der Waals surface area contributed by atoms with E-state index < -0.39 is 57.4 Å². The van der Waals surface area contributed by atoms with Crippen LogP contribution in [0.4, 0.5) is 4.79 Å². The van der Waals surface area contributed by atoms with Crippen LogP contribution in [0.5, 0.6) is 0 Å². The molecule has 0 spiro atoms. The number of aryl methyl sites for hydroxylation is 1. The van der Waals surface area contributed by atoms with E-state index in [0.29, 0.717) is 0 Å². The predicted molar refractivity (Wildman–Crippen MR) is 107 cm³/mol. The first-order valence-electron chi connectivity index (χ1n) is 10.1. The van der Waals surface area contributed by atoms with Gasteiger partial charge in [0.2, 0.25) is 0 Å². The first-order valence-corrected chi connectivity index (χ1v) is 11.5. The van der Waals surface area contributed by atoms with Crippen molar-refractivity contribution in [1.82, 2.24) is 9.80 Å². The zero-order valence-electron chi connectivity index (χ0n) is 19.0. The molecule has 3 aliphatic heterocycles. The minimum absolute atomic E-state index is 0. The number of rotatable bonds is 4. The predicted octanol–water partition coefficient (Wildman–Crippen LogP) is -2.48. The summed E-state index contributed by atoms with van der Waals surface area (Å²) in [4.78, 5) is 39.3. The van der Waals surface area contributed by atoms with Gasteiger partial charge in [0.05, 0.1) is 12.0 Å². The van der Waals surface area contributed by atoms with Crippen LogP contribution in [0, 0.1) is 12.8 Å². The molecule has 10 nitrogen and oxygen atoms in total. The number of amides is 2. The average Bonchev–Trinajstić information content (AvgIpc) is 2.98. The summed E-state index contributed by atoms with van der Waals surface area (Å²) in [6, 6.07) is 4.18. The normalized spacial score (nSPS) is 24.0. The number of carboxylic acids is 1. The van der Waals surface area contributed by atoms with Crippen molar-refractivity contribution < 1.29 is 66.4 Å². The summed E-state index contributed by atoms with van der Waals surface area (Å²) in [6.45, 7) is 6.96. The maximum absolute atomic E-state index is 12.8. The van der Waals surface area contributed by atoms with Gasteiger partial charge in [-0.2, -0.15) is 8.42 Å². The van der Waals surface area contributed by atoms with Gasteiger partial charge in [0.15, 0.2) is 5.76 Å². The fourth-order valence-electron chi connectivity index (χ4n) is 4.34. The molecule has 3 atom stereocenters. The van der Waals surface area contributed by atoms with Gasteiger partial charge < -0.3 is 18.8 Å². The molecule has 0 radical (unpaired) electrons. The number of likely N-dealkylation sites (tertiary alicyclic amines) is 1. The van der Waals surface area contributed by atoms with E-state index >= 15 is 0 Å². The molecule has 3 aliphatic rings. The Morgan fingerprint density at radius 2 is 1.76 bits per heavy atom. The Labute approximate surface area is 213 Å². The molecule has 0 aliphatic carbocycles. The van der Waals surface area contributed by atoms with Crippen LogP contribution in [0.15, 0.2) is 40.6 Å². The summed E-state index contributed by atoms with van der Waals surface area (Å²) in [5.41, 5.74) is -0.546. The third kappa shape index (κ3) is 4.39. The van der Waals surface area contributed by atoms with Crippen LogP contribution in [-0.4, -0.2) is 60.4 Å². The van der Waals surface area contributed by atoms with E-state index in [1.165, 1.54) is 17.0 Å².